The SMILES string of the molecule is CC(C=O)=CCOc1ccc(O)cc1. The molecule has 0 saturated heterocycles. The van der Waals surface area contributed by atoms with Crippen LogP contribution >= 0.6 is 0 Å². The molecule has 74 valence electrons. The van der Waals surface area contributed by atoms with E-state index in [0.29, 0.717) is 17.9 Å². The highest BCUT2D eigenvalue weighted by Crippen LogP contribution is 2.15. The molecule has 0 amide bonds. The largest absolute Gasteiger partial charge is 0.508 e. The maximum Gasteiger partial charge on any atom is 0.145 e. The third-order valence-corrected chi connectivity index (χ3v) is 1.68. The van der Waals surface area contributed by atoms with Crippen LogP contribution in [0.25, 0.3) is 0 Å². The Kier molecular flexibility index (Phi) is 3.73. The van der Waals surface area contributed by atoms with Gasteiger partial charge in [0, 0.05) is 0 Å². The van der Waals surface area contributed by atoms with E-state index in [9.17, 15) is 4.79 Å². The predicted octanol–water partition coefficient (Wildman–Crippen LogP) is 1.92. The molecule has 0 fully saturated rings. The van der Waals surface area contributed by atoms with Crippen molar-refractivity contribution in [1.82, 2.24) is 0 Å². The molecular weight excluding hydrogens is 180 g/mol. The summed E-state index contributed by atoms with van der Waals surface area (Å²) in [4.78, 5) is 10.2. The van der Waals surface area contributed by atoms with Crippen LogP contribution in [0.2, 0.25) is 0 Å². The Hall–Kier alpha value is -1.77. The van der Waals surface area contributed by atoms with Crippen LogP contribution in [0.4, 0.5) is 0 Å². The van der Waals surface area contributed by atoms with E-state index in [1.54, 1.807) is 37.3 Å². The monoisotopic (exact) mass is 192 g/mol. The highest BCUT2D eigenvalue weighted by Gasteiger charge is 1.92. The fourth-order valence-electron chi connectivity index (χ4n) is 0.860. The molecule has 0 bridgehead atoms. The van der Waals surface area contributed by atoms with E-state index in [1.807, 2.05) is 0 Å². The first kappa shape index (κ1) is 10.3. The van der Waals surface area contributed by atoms with Crippen molar-refractivity contribution in [1.29, 1.82) is 0 Å². The minimum absolute atomic E-state index is 0.206. The van der Waals surface area contributed by atoms with Crippen LogP contribution < -0.4 is 4.74 Å². The molecule has 0 unspecified atom stereocenters. The summed E-state index contributed by atoms with van der Waals surface area (Å²) in [5, 5.41) is 8.99. The highest BCUT2D eigenvalue weighted by molar-refractivity contribution is 5.71. The molecule has 3 nitrogen and oxygen atoms in total. The lowest BCUT2D eigenvalue weighted by Gasteiger charge is -2.02. The number of hydrogen-bond acceptors (Lipinski definition) is 3. The van der Waals surface area contributed by atoms with Gasteiger partial charge >= 0.3 is 0 Å². The average molecular weight is 192 g/mol. The second-order valence-corrected chi connectivity index (χ2v) is 2.87. The number of hydrogen-bond donors (Lipinski definition) is 1. The van der Waals surface area contributed by atoms with Gasteiger partial charge in [0.05, 0.1) is 0 Å². The maximum atomic E-state index is 10.2. The van der Waals surface area contributed by atoms with E-state index >= 15 is 0 Å². The smallest absolute Gasteiger partial charge is 0.145 e. The number of rotatable bonds is 4. The predicted molar refractivity (Wildman–Crippen MR) is 53.4 cm³/mol. The molecule has 1 N–H and O–H groups in total. The number of carbonyl (C=O) groups excluding carboxylic acids is 1. The Morgan fingerprint density at radius 2 is 2.07 bits per heavy atom. The van der Waals surface area contributed by atoms with Crippen molar-refractivity contribution in [3.63, 3.8) is 0 Å². The second kappa shape index (κ2) is 5.07. The Balaban J connectivity index is 2.46. The number of aromatic hydroxyl groups is 1. The van der Waals surface area contributed by atoms with Crippen LogP contribution in [0, 0.1) is 0 Å². The Labute approximate surface area is 82.6 Å². The lowest BCUT2D eigenvalue weighted by molar-refractivity contribution is -0.104. The van der Waals surface area contributed by atoms with Gasteiger partial charge in [-0.25, -0.2) is 0 Å². The van der Waals surface area contributed by atoms with E-state index in [0.717, 1.165) is 6.29 Å². The summed E-state index contributed by atoms with van der Waals surface area (Å²) < 4.78 is 5.29. The molecule has 0 aromatic heterocycles. The first-order chi connectivity index (χ1) is 6.72. The summed E-state index contributed by atoms with van der Waals surface area (Å²) in [6.45, 7) is 2.07. The van der Waals surface area contributed by atoms with Crippen LogP contribution in [0.3, 0.4) is 0 Å². The fraction of sp³-hybridized carbons (Fsp3) is 0.182. The molecule has 0 saturated carbocycles. The lowest BCUT2D eigenvalue weighted by Crippen LogP contribution is -1.94. The van der Waals surface area contributed by atoms with Gasteiger partial charge in [-0.15, -0.1) is 0 Å². The van der Waals surface area contributed by atoms with Crippen LogP contribution in [0.15, 0.2) is 35.9 Å². The molecule has 14 heavy (non-hydrogen) atoms. The highest BCUT2D eigenvalue weighted by atomic mass is 16.5. The zero-order valence-electron chi connectivity index (χ0n) is 7.93. The summed E-state index contributed by atoms with van der Waals surface area (Å²) in [5.74, 6) is 0.870. The van der Waals surface area contributed by atoms with Crippen molar-refractivity contribution in [3.05, 3.63) is 35.9 Å². The third-order valence-electron chi connectivity index (χ3n) is 1.68. The van der Waals surface area contributed by atoms with Crippen molar-refractivity contribution in [2.45, 2.75) is 6.92 Å². The Bertz CT molecular complexity index is 325. The zero-order chi connectivity index (χ0) is 10.4. The minimum atomic E-state index is 0.206. The summed E-state index contributed by atoms with van der Waals surface area (Å²) in [6.07, 6.45) is 2.47. The number of phenols is 1. The molecule has 1 aromatic rings. The molecule has 0 aliphatic heterocycles. The van der Waals surface area contributed by atoms with Crippen LogP contribution in [0.5, 0.6) is 11.5 Å². The van der Waals surface area contributed by atoms with Crippen molar-refractivity contribution in [2.75, 3.05) is 6.61 Å². The molecule has 1 aromatic carbocycles. The van der Waals surface area contributed by atoms with Crippen LogP contribution in [-0.4, -0.2) is 18.0 Å². The number of benzene rings is 1. The van der Waals surface area contributed by atoms with Gasteiger partial charge in [-0.1, -0.05) is 0 Å². The fourth-order valence-corrected chi connectivity index (χ4v) is 0.860. The second-order valence-electron chi connectivity index (χ2n) is 2.87. The Morgan fingerprint density at radius 3 is 2.64 bits per heavy atom. The quantitative estimate of drug-likeness (QED) is 0.585. The first-order valence-corrected chi connectivity index (χ1v) is 4.26. The molecule has 0 heterocycles. The summed E-state index contributed by atoms with van der Waals surface area (Å²) in [6, 6.07) is 6.43. The number of allylic oxidation sites excluding steroid dienone is 1. The average Bonchev–Trinajstić information content (AvgIpc) is 2.21. The molecule has 3 heteroatoms. The number of aldehydes is 1. The van der Waals surface area contributed by atoms with E-state index in [2.05, 4.69) is 0 Å². The van der Waals surface area contributed by atoms with Gasteiger partial charge < -0.3 is 9.84 Å². The summed E-state index contributed by atoms with van der Waals surface area (Å²) in [5.41, 5.74) is 0.642. The van der Waals surface area contributed by atoms with Crippen molar-refractivity contribution in [3.8, 4) is 11.5 Å². The van der Waals surface area contributed by atoms with Crippen molar-refractivity contribution >= 4 is 6.29 Å². The van der Waals surface area contributed by atoms with E-state index in [-0.39, 0.29) is 5.75 Å². The normalized spacial score (nSPS) is 11.1. The maximum absolute atomic E-state index is 10.2. The lowest BCUT2D eigenvalue weighted by atomic mass is 10.3. The summed E-state index contributed by atoms with van der Waals surface area (Å²) >= 11 is 0. The molecule has 0 aliphatic rings. The van der Waals surface area contributed by atoms with E-state index in [4.69, 9.17) is 9.84 Å². The van der Waals surface area contributed by atoms with Crippen molar-refractivity contribution in [2.24, 2.45) is 0 Å². The van der Waals surface area contributed by atoms with Gasteiger partial charge in [0.1, 0.15) is 24.4 Å². The third kappa shape index (κ3) is 3.31. The number of ether oxygens (including phenoxy) is 1. The van der Waals surface area contributed by atoms with Gasteiger partial charge in [-0.05, 0) is 42.8 Å². The molecule has 0 aliphatic carbocycles. The topological polar surface area (TPSA) is 46.5 Å². The van der Waals surface area contributed by atoms with E-state index in [1.165, 1.54) is 0 Å². The first-order valence-electron chi connectivity index (χ1n) is 4.26. The van der Waals surface area contributed by atoms with Gasteiger partial charge in [0.25, 0.3) is 0 Å². The minimum Gasteiger partial charge on any atom is -0.508 e. The summed E-state index contributed by atoms with van der Waals surface area (Å²) in [7, 11) is 0. The van der Waals surface area contributed by atoms with Crippen LogP contribution in [-0.2, 0) is 4.79 Å². The Morgan fingerprint density at radius 1 is 1.43 bits per heavy atom. The van der Waals surface area contributed by atoms with Gasteiger partial charge in [-0.2, -0.15) is 0 Å². The van der Waals surface area contributed by atoms with E-state index < -0.39 is 0 Å². The number of phenolic OH excluding ortho intramolecular Hbond substituents is 1. The van der Waals surface area contributed by atoms with Crippen molar-refractivity contribution < 1.29 is 14.6 Å². The molecule has 0 spiro atoms. The zero-order valence-corrected chi connectivity index (χ0v) is 7.93. The van der Waals surface area contributed by atoms with Gasteiger partial charge in [0.15, 0.2) is 0 Å². The standard InChI is InChI=1S/C11H12O3/c1-9(8-12)6-7-14-11-4-2-10(13)3-5-11/h2-6,8,13H,7H2,1H3. The van der Waals surface area contributed by atoms with Crippen LogP contribution in [0.1, 0.15) is 6.92 Å². The van der Waals surface area contributed by atoms with Gasteiger partial charge in [-0.3, -0.25) is 4.79 Å². The molecular formula is C11H12O3. The molecule has 1 rings (SSSR count). The number of carbonyl (C=O) groups is 1. The molecule has 0 radical (unpaired) electrons. The van der Waals surface area contributed by atoms with Gasteiger partial charge in [0.2, 0.25) is 0 Å². The molecule has 0 atom stereocenters.